The van der Waals surface area contributed by atoms with E-state index in [1.807, 2.05) is 0 Å². The van der Waals surface area contributed by atoms with Crippen LogP contribution < -0.4 is 5.32 Å². The summed E-state index contributed by atoms with van der Waals surface area (Å²) in [5.41, 5.74) is 0.0793. The fourth-order valence-electron chi connectivity index (χ4n) is 1.64. The third-order valence-electron chi connectivity index (χ3n) is 2.63. The summed E-state index contributed by atoms with van der Waals surface area (Å²) < 4.78 is 14.7. The number of benzene rings is 2. The first-order valence-corrected chi connectivity index (χ1v) is 7.26. The molecule has 0 saturated heterocycles. The van der Waals surface area contributed by atoms with Gasteiger partial charge in [-0.15, -0.1) is 0 Å². The van der Waals surface area contributed by atoms with Gasteiger partial charge in [-0.25, -0.2) is 9.18 Å². The third-order valence-corrected chi connectivity index (χ3v) is 3.78. The van der Waals surface area contributed by atoms with E-state index < -0.39 is 23.3 Å². The Kier molecular flexibility index (Phi) is 4.74. The van der Waals surface area contributed by atoms with Gasteiger partial charge < -0.3 is 10.4 Å². The van der Waals surface area contributed by atoms with E-state index in [-0.39, 0.29) is 5.69 Å². The Morgan fingerprint density at radius 1 is 1.05 bits per heavy atom. The fourth-order valence-corrected chi connectivity index (χ4v) is 2.87. The van der Waals surface area contributed by atoms with E-state index in [0.717, 1.165) is 16.6 Å². The van der Waals surface area contributed by atoms with Gasteiger partial charge >= 0.3 is 5.97 Å². The highest BCUT2D eigenvalue weighted by molar-refractivity contribution is 9.11. The molecule has 0 radical (unpaired) electrons. The minimum absolute atomic E-state index is 0.202. The molecule has 7 heteroatoms. The fraction of sp³-hybridized carbons (Fsp3) is 0. The normalized spacial score (nSPS) is 10.2. The van der Waals surface area contributed by atoms with Crippen LogP contribution in [0.25, 0.3) is 0 Å². The highest BCUT2D eigenvalue weighted by atomic mass is 79.9. The maximum Gasteiger partial charge on any atom is 0.338 e. The highest BCUT2D eigenvalue weighted by Crippen LogP contribution is 2.23. The maximum absolute atomic E-state index is 13.3. The van der Waals surface area contributed by atoms with Crippen molar-refractivity contribution < 1.29 is 19.1 Å². The van der Waals surface area contributed by atoms with Crippen molar-refractivity contribution >= 4 is 49.4 Å². The van der Waals surface area contributed by atoms with Gasteiger partial charge in [0.25, 0.3) is 5.91 Å². The molecule has 4 nitrogen and oxygen atoms in total. The second kappa shape index (κ2) is 6.36. The first kappa shape index (κ1) is 15.7. The van der Waals surface area contributed by atoms with Gasteiger partial charge in [0.2, 0.25) is 0 Å². The maximum atomic E-state index is 13.3. The Morgan fingerprint density at radius 3 is 2.38 bits per heavy atom. The number of hydrogen-bond acceptors (Lipinski definition) is 2. The van der Waals surface area contributed by atoms with E-state index in [4.69, 9.17) is 5.11 Å². The number of nitrogens with one attached hydrogen (secondary N) is 1. The molecule has 0 aromatic heterocycles. The molecular weight excluding hydrogens is 409 g/mol. The molecule has 0 spiro atoms. The molecule has 0 bridgehead atoms. The number of amides is 1. The Morgan fingerprint density at radius 2 is 1.76 bits per heavy atom. The van der Waals surface area contributed by atoms with Crippen LogP contribution in [0.2, 0.25) is 0 Å². The summed E-state index contributed by atoms with van der Waals surface area (Å²) in [6, 6.07) is 8.38. The van der Waals surface area contributed by atoms with Crippen LogP contribution in [0.1, 0.15) is 20.7 Å². The SMILES string of the molecule is O=C(O)c1cc(NC(=O)c2ccc(Br)cc2Br)ccc1F. The molecule has 0 heterocycles. The predicted molar refractivity (Wildman–Crippen MR) is 83.2 cm³/mol. The number of aromatic carboxylic acids is 1. The second-order valence-corrected chi connectivity index (χ2v) is 5.85. The molecule has 108 valence electrons. The highest BCUT2D eigenvalue weighted by Gasteiger charge is 2.14. The van der Waals surface area contributed by atoms with Crippen LogP contribution in [-0.4, -0.2) is 17.0 Å². The smallest absolute Gasteiger partial charge is 0.338 e. The molecule has 0 saturated carbocycles. The number of carboxylic acids is 1. The number of hydrogen-bond donors (Lipinski definition) is 2. The van der Waals surface area contributed by atoms with Crippen LogP contribution in [-0.2, 0) is 0 Å². The van der Waals surface area contributed by atoms with Crippen LogP contribution in [0.4, 0.5) is 10.1 Å². The summed E-state index contributed by atoms with van der Waals surface area (Å²) >= 11 is 6.54. The molecule has 0 atom stereocenters. The lowest BCUT2D eigenvalue weighted by Gasteiger charge is -2.08. The zero-order valence-corrected chi connectivity index (χ0v) is 13.5. The third kappa shape index (κ3) is 3.68. The number of anilines is 1. The summed E-state index contributed by atoms with van der Waals surface area (Å²) in [6.07, 6.45) is 0. The van der Waals surface area contributed by atoms with E-state index >= 15 is 0 Å². The molecular formula is C14H8Br2FNO3. The van der Waals surface area contributed by atoms with E-state index in [0.29, 0.717) is 10.0 Å². The molecule has 0 aliphatic heterocycles. The number of carbonyl (C=O) groups is 2. The first-order valence-electron chi connectivity index (χ1n) is 5.67. The van der Waals surface area contributed by atoms with Crippen molar-refractivity contribution in [3.8, 4) is 0 Å². The Labute approximate surface area is 136 Å². The van der Waals surface area contributed by atoms with Crippen molar-refractivity contribution in [2.75, 3.05) is 5.32 Å². The van der Waals surface area contributed by atoms with Gasteiger partial charge in [0.05, 0.1) is 11.1 Å². The molecule has 1 amide bonds. The summed E-state index contributed by atoms with van der Waals surface area (Å²) in [4.78, 5) is 23.0. The van der Waals surface area contributed by atoms with Crippen LogP contribution >= 0.6 is 31.9 Å². The number of carbonyl (C=O) groups excluding carboxylic acids is 1. The van der Waals surface area contributed by atoms with Gasteiger partial charge in [0.15, 0.2) is 0 Å². The number of halogens is 3. The topological polar surface area (TPSA) is 66.4 Å². The van der Waals surface area contributed by atoms with Crippen molar-refractivity contribution in [2.45, 2.75) is 0 Å². The standard InChI is InChI=1S/C14H8Br2FNO3/c15-7-1-3-9(11(16)5-7)13(19)18-8-2-4-12(17)10(6-8)14(20)21/h1-6H,(H,18,19)(H,20,21). The minimum atomic E-state index is -1.39. The monoisotopic (exact) mass is 415 g/mol. The van der Waals surface area contributed by atoms with Crippen molar-refractivity contribution in [2.24, 2.45) is 0 Å². The van der Waals surface area contributed by atoms with Crippen LogP contribution in [0.5, 0.6) is 0 Å². The van der Waals surface area contributed by atoms with Crippen molar-refractivity contribution in [1.29, 1.82) is 0 Å². The van der Waals surface area contributed by atoms with Crippen LogP contribution in [0.15, 0.2) is 45.3 Å². The predicted octanol–water partition coefficient (Wildman–Crippen LogP) is 4.30. The molecule has 2 rings (SSSR count). The number of rotatable bonds is 3. The summed E-state index contributed by atoms with van der Waals surface area (Å²) in [5.74, 6) is -2.68. The molecule has 2 aromatic rings. The summed E-state index contributed by atoms with van der Waals surface area (Å²) in [6.45, 7) is 0. The molecule has 0 fully saturated rings. The minimum Gasteiger partial charge on any atom is -0.478 e. The van der Waals surface area contributed by atoms with Gasteiger partial charge in [-0.05, 0) is 52.3 Å². The Bertz CT molecular complexity index is 734. The van der Waals surface area contributed by atoms with E-state index in [9.17, 15) is 14.0 Å². The van der Waals surface area contributed by atoms with Gasteiger partial charge in [-0.3, -0.25) is 4.79 Å². The van der Waals surface area contributed by atoms with E-state index in [1.165, 1.54) is 6.07 Å². The zero-order valence-electron chi connectivity index (χ0n) is 10.4. The Balaban J connectivity index is 2.27. The quantitative estimate of drug-likeness (QED) is 0.783. The Hall–Kier alpha value is -1.73. The van der Waals surface area contributed by atoms with Crippen molar-refractivity contribution in [1.82, 2.24) is 0 Å². The van der Waals surface area contributed by atoms with E-state index in [2.05, 4.69) is 37.2 Å². The van der Waals surface area contributed by atoms with Crippen LogP contribution in [0, 0.1) is 5.82 Å². The summed E-state index contributed by atoms with van der Waals surface area (Å²) in [7, 11) is 0. The molecule has 21 heavy (non-hydrogen) atoms. The lowest BCUT2D eigenvalue weighted by molar-refractivity contribution is 0.0691. The molecule has 0 unspecified atom stereocenters. The molecule has 2 N–H and O–H groups in total. The molecule has 2 aromatic carbocycles. The lowest BCUT2D eigenvalue weighted by atomic mass is 10.1. The number of carboxylic acid groups (broad SMARTS) is 1. The van der Waals surface area contributed by atoms with Crippen molar-refractivity contribution in [3.63, 3.8) is 0 Å². The van der Waals surface area contributed by atoms with Gasteiger partial charge in [0, 0.05) is 14.6 Å². The largest absolute Gasteiger partial charge is 0.478 e. The van der Waals surface area contributed by atoms with Gasteiger partial charge in [0.1, 0.15) is 5.82 Å². The zero-order chi connectivity index (χ0) is 15.6. The van der Waals surface area contributed by atoms with Gasteiger partial charge in [-0.2, -0.15) is 0 Å². The van der Waals surface area contributed by atoms with Crippen molar-refractivity contribution in [3.05, 3.63) is 62.3 Å². The second-order valence-electron chi connectivity index (χ2n) is 4.08. The lowest BCUT2D eigenvalue weighted by Crippen LogP contribution is -2.13. The van der Waals surface area contributed by atoms with Crippen LogP contribution in [0.3, 0.4) is 0 Å². The van der Waals surface area contributed by atoms with Gasteiger partial charge in [-0.1, -0.05) is 15.9 Å². The summed E-state index contributed by atoms with van der Waals surface area (Å²) in [5, 5.41) is 11.4. The first-order chi connectivity index (χ1) is 9.88. The average Bonchev–Trinajstić information content (AvgIpc) is 2.40. The molecule has 0 aliphatic carbocycles. The average molecular weight is 417 g/mol. The molecule has 0 aliphatic rings. The van der Waals surface area contributed by atoms with E-state index in [1.54, 1.807) is 18.2 Å².